The molecule has 0 bridgehead atoms. The van der Waals surface area contributed by atoms with Crippen LogP contribution in [0, 0.1) is 11.6 Å². The molecule has 0 radical (unpaired) electrons. The molecule has 0 atom stereocenters. The lowest BCUT2D eigenvalue weighted by Gasteiger charge is -2.33. The van der Waals surface area contributed by atoms with Gasteiger partial charge in [0.25, 0.3) is 5.91 Å². The Bertz CT molecular complexity index is 746. The molecule has 25 heavy (non-hydrogen) atoms. The van der Waals surface area contributed by atoms with Crippen LogP contribution in [-0.2, 0) is 4.79 Å². The van der Waals surface area contributed by atoms with Crippen molar-refractivity contribution in [1.29, 1.82) is 0 Å². The molecular formula is C18H19BrF2N3O+. The van der Waals surface area contributed by atoms with Crippen LogP contribution in [0.1, 0.15) is 0 Å². The fourth-order valence-corrected chi connectivity index (χ4v) is 3.26. The Kier molecular flexibility index (Phi) is 5.65. The topological polar surface area (TPSA) is 36.8 Å². The zero-order valence-corrected chi connectivity index (χ0v) is 15.2. The fourth-order valence-electron chi connectivity index (χ4n) is 2.92. The number of amides is 1. The molecule has 7 heteroatoms. The van der Waals surface area contributed by atoms with E-state index in [2.05, 4.69) is 26.1 Å². The molecule has 1 heterocycles. The molecular weight excluding hydrogens is 392 g/mol. The predicted octanol–water partition coefficient (Wildman–Crippen LogP) is 2.07. The summed E-state index contributed by atoms with van der Waals surface area (Å²) in [7, 11) is 0. The molecule has 1 aliphatic rings. The molecule has 2 aromatic rings. The van der Waals surface area contributed by atoms with Gasteiger partial charge in [0.1, 0.15) is 11.6 Å². The third-order valence-electron chi connectivity index (χ3n) is 4.28. The number of anilines is 2. The van der Waals surface area contributed by atoms with Crippen molar-refractivity contribution >= 4 is 33.2 Å². The van der Waals surface area contributed by atoms with Gasteiger partial charge in [0, 0.05) is 10.2 Å². The number of piperazine rings is 1. The maximum atomic E-state index is 13.8. The van der Waals surface area contributed by atoms with Crippen molar-refractivity contribution < 1.29 is 18.5 Å². The smallest absolute Gasteiger partial charge is 0.279 e. The highest BCUT2D eigenvalue weighted by Gasteiger charge is 2.22. The maximum absolute atomic E-state index is 13.8. The Balaban J connectivity index is 1.50. The summed E-state index contributed by atoms with van der Waals surface area (Å²) in [5.74, 6) is -0.907. The molecule has 0 spiro atoms. The Morgan fingerprint density at radius 3 is 2.44 bits per heavy atom. The van der Waals surface area contributed by atoms with Gasteiger partial charge in [0.15, 0.2) is 6.54 Å². The van der Waals surface area contributed by atoms with Crippen molar-refractivity contribution in [2.24, 2.45) is 0 Å². The van der Waals surface area contributed by atoms with Crippen molar-refractivity contribution in [2.75, 3.05) is 42.9 Å². The van der Waals surface area contributed by atoms with E-state index in [9.17, 15) is 13.6 Å². The van der Waals surface area contributed by atoms with Crippen molar-refractivity contribution in [2.45, 2.75) is 0 Å². The van der Waals surface area contributed by atoms with E-state index < -0.39 is 5.82 Å². The summed E-state index contributed by atoms with van der Waals surface area (Å²) in [6.45, 7) is 3.48. The molecule has 0 unspecified atom stereocenters. The number of halogens is 3. The van der Waals surface area contributed by atoms with E-state index in [-0.39, 0.29) is 17.4 Å². The molecule has 132 valence electrons. The second-order valence-corrected chi connectivity index (χ2v) is 6.98. The van der Waals surface area contributed by atoms with Gasteiger partial charge in [0.05, 0.1) is 31.9 Å². The fraction of sp³-hybridized carbons (Fsp3) is 0.278. The van der Waals surface area contributed by atoms with Crippen molar-refractivity contribution in [1.82, 2.24) is 0 Å². The number of hydrogen-bond acceptors (Lipinski definition) is 2. The quantitative estimate of drug-likeness (QED) is 0.809. The van der Waals surface area contributed by atoms with Crippen molar-refractivity contribution in [3.05, 3.63) is 58.6 Å². The van der Waals surface area contributed by atoms with Gasteiger partial charge in [-0.25, -0.2) is 8.78 Å². The van der Waals surface area contributed by atoms with E-state index in [1.54, 1.807) is 24.3 Å². The summed E-state index contributed by atoms with van der Waals surface area (Å²) < 4.78 is 27.4. The largest absolute Gasteiger partial charge is 0.360 e. The highest BCUT2D eigenvalue weighted by Crippen LogP contribution is 2.19. The number of hydrogen-bond donors (Lipinski definition) is 2. The van der Waals surface area contributed by atoms with E-state index in [1.807, 2.05) is 0 Å². The minimum absolute atomic E-state index is 0.192. The van der Waals surface area contributed by atoms with E-state index in [0.29, 0.717) is 11.0 Å². The highest BCUT2D eigenvalue weighted by atomic mass is 79.9. The van der Waals surface area contributed by atoms with Gasteiger partial charge in [-0.15, -0.1) is 0 Å². The average molecular weight is 411 g/mol. The molecule has 1 aliphatic heterocycles. The molecule has 0 aromatic heterocycles. The van der Waals surface area contributed by atoms with E-state index in [0.717, 1.165) is 36.8 Å². The van der Waals surface area contributed by atoms with E-state index in [4.69, 9.17) is 0 Å². The Labute approximate surface area is 153 Å². The lowest BCUT2D eigenvalue weighted by molar-refractivity contribution is -0.892. The van der Waals surface area contributed by atoms with Gasteiger partial charge in [-0.3, -0.25) is 4.79 Å². The number of nitrogens with zero attached hydrogens (tertiary/aromatic N) is 1. The Morgan fingerprint density at radius 2 is 1.80 bits per heavy atom. The SMILES string of the molecule is O=C(C[NH+]1CCN(c2ccc(F)cc2)CC1)Nc1ccc(Br)cc1F. The maximum Gasteiger partial charge on any atom is 0.279 e. The van der Waals surface area contributed by atoms with Crippen LogP contribution in [0.25, 0.3) is 0 Å². The van der Waals surface area contributed by atoms with Crippen LogP contribution < -0.4 is 15.1 Å². The standard InChI is InChI=1S/C18H18BrF2N3O/c19-13-1-6-17(16(21)11-13)22-18(25)12-23-7-9-24(10-8-23)15-4-2-14(20)3-5-15/h1-6,11H,7-10,12H2,(H,22,25)/p+1. The number of quaternary nitrogens is 1. The normalized spacial score (nSPS) is 15.2. The van der Waals surface area contributed by atoms with Crippen molar-refractivity contribution in [3.63, 3.8) is 0 Å². The van der Waals surface area contributed by atoms with Crippen LogP contribution >= 0.6 is 15.9 Å². The van der Waals surface area contributed by atoms with Gasteiger partial charge in [-0.2, -0.15) is 0 Å². The van der Waals surface area contributed by atoms with Crippen LogP contribution in [0.2, 0.25) is 0 Å². The zero-order valence-electron chi connectivity index (χ0n) is 13.6. The monoisotopic (exact) mass is 410 g/mol. The van der Waals surface area contributed by atoms with Crippen LogP contribution in [0.5, 0.6) is 0 Å². The van der Waals surface area contributed by atoms with Crippen LogP contribution in [0.3, 0.4) is 0 Å². The van der Waals surface area contributed by atoms with Crippen LogP contribution in [-0.4, -0.2) is 38.6 Å². The first kappa shape index (κ1) is 17.8. The minimum atomic E-state index is -0.459. The van der Waals surface area contributed by atoms with Crippen molar-refractivity contribution in [3.8, 4) is 0 Å². The summed E-state index contributed by atoms with van der Waals surface area (Å²) in [6.07, 6.45) is 0. The van der Waals surface area contributed by atoms with Gasteiger partial charge < -0.3 is 15.1 Å². The van der Waals surface area contributed by atoms with Crippen LogP contribution in [0.4, 0.5) is 20.2 Å². The van der Waals surface area contributed by atoms with E-state index in [1.165, 1.54) is 18.2 Å². The molecule has 0 saturated carbocycles. The molecule has 3 rings (SSSR count). The Hall–Kier alpha value is -1.99. The first-order chi connectivity index (χ1) is 12.0. The third kappa shape index (κ3) is 4.76. The summed E-state index contributed by atoms with van der Waals surface area (Å²) in [5, 5.41) is 2.62. The third-order valence-corrected chi connectivity index (χ3v) is 4.77. The van der Waals surface area contributed by atoms with Gasteiger partial charge >= 0.3 is 0 Å². The zero-order chi connectivity index (χ0) is 17.8. The van der Waals surface area contributed by atoms with Gasteiger partial charge in [-0.1, -0.05) is 15.9 Å². The number of benzene rings is 2. The number of rotatable bonds is 4. The Morgan fingerprint density at radius 1 is 1.12 bits per heavy atom. The first-order valence-electron chi connectivity index (χ1n) is 8.10. The summed E-state index contributed by atoms with van der Waals surface area (Å²) in [4.78, 5) is 15.5. The van der Waals surface area contributed by atoms with Crippen LogP contribution in [0.15, 0.2) is 46.9 Å². The van der Waals surface area contributed by atoms with Gasteiger partial charge in [-0.05, 0) is 42.5 Å². The number of carbonyl (C=O) groups excluding carboxylic acids is 1. The molecule has 2 N–H and O–H groups in total. The lowest BCUT2D eigenvalue weighted by Crippen LogP contribution is -3.15. The van der Waals surface area contributed by atoms with E-state index >= 15 is 0 Å². The predicted molar refractivity (Wildman–Crippen MR) is 96.9 cm³/mol. The lowest BCUT2D eigenvalue weighted by atomic mass is 10.2. The molecule has 1 fully saturated rings. The second kappa shape index (κ2) is 7.93. The number of nitrogens with one attached hydrogen (secondary N) is 2. The summed E-state index contributed by atoms with van der Waals surface area (Å²) >= 11 is 3.19. The number of carbonyl (C=O) groups is 1. The molecule has 0 aliphatic carbocycles. The first-order valence-corrected chi connectivity index (χ1v) is 8.89. The molecule has 1 amide bonds. The second-order valence-electron chi connectivity index (χ2n) is 6.06. The molecule has 2 aromatic carbocycles. The van der Waals surface area contributed by atoms with Gasteiger partial charge in [0.2, 0.25) is 0 Å². The summed E-state index contributed by atoms with van der Waals surface area (Å²) in [5.41, 5.74) is 1.18. The average Bonchev–Trinajstić information content (AvgIpc) is 2.59. The highest BCUT2D eigenvalue weighted by molar-refractivity contribution is 9.10. The minimum Gasteiger partial charge on any atom is -0.360 e. The summed E-state index contributed by atoms with van der Waals surface area (Å²) in [6, 6.07) is 11.0. The molecule has 4 nitrogen and oxygen atoms in total. The molecule has 1 saturated heterocycles.